The van der Waals surface area contributed by atoms with E-state index in [1.54, 1.807) is 48.2 Å². The third-order valence-corrected chi connectivity index (χ3v) is 18.6. The minimum Gasteiger partial charge on any atom is -0.343 e. The van der Waals surface area contributed by atoms with Gasteiger partial charge >= 0.3 is 0 Å². The van der Waals surface area contributed by atoms with E-state index in [0.717, 1.165) is 23.2 Å². The van der Waals surface area contributed by atoms with E-state index in [9.17, 15) is 57.5 Å². The van der Waals surface area contributed by atoms with E-state index < -0.39 is 151 Å². The second-order valence-corrected chi connectivity index (χ2v) is 27.3. The van der Waals surface area contributed by atoms with Crippen molar-refractivity contribution >= 4 is 105 Å². The highest BCUT2D eigenvalue weighted by atomic mass is 127. The minimum atomic E-state index is -1.68. The predicted octanol–water partition coefficient (Wildman–Crippen LogP) is 3.87. The fourth-order valence-electron chi connectivity index (χ4n) is 11.1. The Balaban J connectivity index is 1.86. The number of amides is 12. The molecule has 26 heteroatoms. The third kappa shape index (κ3) is 21.6. The molecule has 0 bridgehead atoms. The van der Waals surface area contributed by atoms with E-state index >= 15 is 0 Å². The van der Waals surface area contributed by atoms with Crippen molar-refractivity contribution < 1.29 is 57.5 Å². The van der Waals surface area contributed by atoms with Crippen LogP contribution in [0.1, 0.15) is 131 Å². The predicted molar refractivity (Wildman–Crippen MR) is 359 cm³/mol. The quantitative estimate of drug-likeness (QED) is 0.196. The fourth-order valence-corrected chi connectivity index (χ4v) is 11.8. The Kier molecular flexibility index (Phi) is 30.3. The summed E-state index contributed by atoms with van der Waals surface area (Å²) in [5.74, 6) is -8.65. The van der Waals surface area contributed by atoms with Gasteiger partial charge < -0.3 is 60.5 Å². The third-order valence-electron chi connectivity index (χ3n) is 17.7. The number of hydrogen-bond acceptors (Lipinski definition) is 12. The highest BCUT2D eigenvalue weighted by Crippen LogP contribution is 2.24. The van der Waals surface area contributed by atoms with Gasteiger partial charge in [-0.15, -0.1) is 0 Å². The molecule has 0 spiro atoms. The smallest absolute Gasteiger partial charge is 0.246 e. The molecule has 0 radical (unpaired) electrons. The van der Waals surface area contributed by atoms with Gasteiger partial charge in [0.15, 0.2) is 0 Å². The highest BCUT2D eigenvalue weighted by Gasteiger charge is 2.44. The van der Waals surface area contributed by atoms with Crippen molar-refractivity contribution in [1.29, 1.82) is 0 Å². The van der Waals surface area contributed by atoms with Crippen LogP contribution in [0, 0.1) is 15.4 Å². The molecule has 0 unspecified atom stereocenters. The molecule has 0 aliphatic carbocycles. The van der Waals surface area contributed by atoms with Crippen LogP contribution in [0.3, 0.4) is 0 Å². The van der Waals surface area contributed by atoms with Crippen molar-refractivity contribution in [3.05, 3.63) is 68.3 Å². The number of likely N-dealkylation sites (N-methyl/N-ethyl adjacent to an activating group) is 7. The molecule has 12 amide bonds. The van der Waals surface area contributed by atoms with E-state index in [-0.39, 0.29) is 38.0 Å². The molecule has 8 atom stereocenters. The maximum atomic E-state index is 14.9. The van der Waals surface area contributed by atoms with Gasteiger partial charge in [-0.2, -0.15) is 0 Å². The zero-order chi connectivity index (χ0) is 69.1. The number of rotatable bonds is 14. The summed E-state index contributed by atoms with van der Waals surface area (Å²) in [5.41, 5.74) is -0.405. The SMILES string of the molecule is CCCC[C@@H]1NC(=O)[C@H](Cc2cccc(I)c2)NC(=O)CN(C)C(=O)[C@H](Cc2ccc(Cl)cc2)N(C)C(=O)CN(C)C(=O)CN(C)C(=O)[C@H]([C@@H](C)CC)NC(=O)[C@H](CC(C)C)N(C)C(=O)C[C@@H](C(=O)N2CCCC2)N(C)C(=O)[C@H](CCC)NC(=O)C(C)(C)N(C)C1=O. The van der Waals surface area contributed by atoms with Gasteiger partial charge in [-0.05, 0) is 116 Å². The Labute approximate surface area is 562 Å². The summed E-state index contributed by atoms with van der Waals surface area (Å²) in [4.78, 5) is 185. The molecule has 4 rings (SSSR count). The molecule has 2 aromatic carbocycles. The lowest BCUT2D eigenvalue weighted by molar-refractivity contribution is -0.151. The summed E-state index contributed by atoms with van der Waals surface area (Å²) in [6, 6.07) is 5.11. The van der Waals surface area contributed by atoms with Crippen molar-refractivity contribution in [2.45, 2.75) is 180 Å². The maximum Gasteiger partial charge on any atom is 0.246 e. The lowest BCUT2D eigenvalue weighted by atomic mass is 9.95. The second-order valence-electron chi connectivity index (χ2n) is 25.6. The van der Waals surface area contributed by atoms with Crippen LogP contribution in [-0.2, 0) is 70.4 Å². The van der Waals surface area contributed by atoms with Gasteiger partial charge in [-0.1, -0.05) is 103 Å². The zero-order valence-electron chi connectivity index (χ0n) is 56.6. The molecular weight excluding hydrogens is 1320 g/mol. The molecule has 2 heterocycles. The first-order chi connectivity index (χ1) is 43.2. The molecule has 0 aromatic heterocycles. The molecule has 92 heavy (non-hydrogen) atoms. The Hall–Kier alpha value is -6.90. The lowest BCUT2D eigenvalue weighted by Gasteiger charge is -2.39. The number of halogens is 2. The Morgan fingerprint density at radius 2 is 1.21 bits per heavy atom. The largest absolute Gasteiger partial charge is 0.343 e. The normalized spacial score (nSPS) is 24.0. The maximum absolute atomic E-state index is 14.9. The number of nitrogens with one attached hydrogen (secondary N) is 4. The molecule has 2 aliphatic heterocycles. The standard InChI is InChI=1S/C66H100ClIN12O12/c1-16-19-26-48-61(88)79(15)66(7,8)65(92)71-47(23-17-2)60(87)78(14)52(63(90)80-31-20-21-32-80)37-54(82)76(12)50(33-41(4)5)59(86)72-57(42(6)18-3)64(91)75(11)39-55(83)73(9)40-56(84)77(13)51(36-43-27-29-45(67)30-28-43)62(89)74(10)38-53(81)69-49(58(85)70-48)35-44-24-22-25-46(68)34-44/h22,24-25,27-30,34,41-42,47-52,57H,16-21,23,26,31-33,35-40H2,1-15H3,(H,69,81)(H,70,85)(H,71,92)(H,72,86)/t42-,47-,48-,49-,50-,51-,52-,57-/m0/s1. The number of unbranched alkanes of at least 4 members (excludes halogenated alkanes) is 1. The number of carbonyl (C=O) groups is 12. The molecule has 2 aliphatic rings. The molecule has 2 saturated heterocycles. The Morgan fingerprint density at radius 3 is 1.79 bits per heavy atom. The summed E-state index contributed by atoms with van der Waals surface area (Å²) in [6.07, 6.45) is 3.02. The second kappa shape index (κ2) is 36.0. The first kappa shape index (κ1) is 77.5. The summed E-state index contributed by atoms with van der Waals surface area (Å²) in [6.45, 7) is 13.1. The first-order valence-electron chi connectivity index (χ1n) is 32.0. The van der Waals surface area contributed by atoms with Gasteiger partial charge in [-0.3, -0.25) is 57.5 Å². The zero-order valence-corrected chi connectivity index (χ0v) is 59.5. The van der Waals surface area contributed by atoms with Crippen molar-refractivity contribution in [1.82, 2.24) is 60.5 Å². The van der Waals surface area contributed by atoms with Crippen molar-refractivity contribution in [2.24, 2.45) is 11.8 Å². The first-order valence-corrected chi connectivity index (χ1v) is 33.4. The van der Waals surface area contributed by atoms with Gasteiger partial charge in [0, 0.05) is 83.9 Å². The topological polar surface area (TPSA) is 279 Å². The van der Waals surface area contributed by atoms with E-state index in [1.807, 2.05) is 46.8 Å². The summed E-state index contributed by atoms with van der Waals surface area (Å²) in [5, 5.41) is 11.8. The van der Waals surface area contributed by atoms with Crippen LogP contribution in [-0.4, -0.2) is 240 Å². The number of benzene rings is 2. The van der Waals surface area contributed by atoms with E-state index in [4.69, 9.17) is 11.6 Å². The van der Waals surface area contributed by atoms with E-state index in [0.29, 0.717) is 67.8 Å². The molecule has 4 N–H and O–H groups in total. The van der Waals surface area contributed by atoms with Crippen LogP contribution >= 0.6 is 34.2 Å². The van der Waals surface area contributed by atoms with Crippen molar-refractivity contribution in [2.75, 3.05) is 82.1 Å². The van der Waals surface area contributed by atoms with Crippen LogP contribution in [0.4, 0.5) is 0 Å². The number of hydrogen-bond donors (Lipinski definition) is 4. The number of carbonyl (C=O) groups excluding carboxylic acids is 12. The molecule has 2 fully saturated rings. The summed E-state index contributed by atoms with van der Waals surface area (Å²) >= 11 is 8.35. The van der Waals surface area contributed by atoms with Crippen LogP contribution < -0.4 is 21.3 Å². The van der Waals surface area contributed by atoms with Crippen molar-refractivity contribution in [3.8, 4) is 0 Å². The number of nitrogens with zero attached hydrogens (tertiary/aromatic N) is 8. The van der Waals surface area contributed by atoms with E-state index in [2.05, 4.69) is 43.9 Å². The monoisotopic (exact) mass is 1410 g/mol. The number of likely N-dealkylation sites (tertiary alicyclic amines) is 1. The van der Waals surface area contributed by atoms with Crippen LogP contribution in [0.25, 0.3) is 0 Å². The van der Waals surface area contributed by atoms with Crippen LogP contribution in [0.15, 0.2) is 48.5 Å². The van der Waals surface area contributed by atoms with Crippen LogP contribution in [0.2, 0.25) is 5.02 Å². The molecule has 24 nitrogen and oxygen atoms in total. The van der Waals surface area contributed by atoms with Crippen LogP contribution in [0.5, 0.6) is 0 Å². The fraction of sp³-hybridized carbons (Fsp3) is 0.636. The van der Waals surface area contributed by atoms with Gasteiger partial charge in [0.05, 0.1) is 26.1 Å². The summed E-state index contributed by atoms with van der Waals surface area (Å²) < 4.78 is 0.845. The highest BCUT2D eigenvalue weighted by molar-refractivity contribution is 14.1. The lowest BCUT2D eigenvalue weighted by Crippen LogP contribution is -2.63. The molecular formula is C66H100ClIN12O12. The van der Waals surface area contributed by atoms with E-state index in [1.165, 1.54) is 77.9 Å². The average Bonchev–Trinajstić information content (AvgIpc) is 0.973. The average molecular weight is 1420 g/mol. The van der Waals surface area contributed by atoms with Gasteiger partial charge in [0.25, 0.3) is 0 Å². The summed E-state index contributed by atoms with van der Waals surface area (Å²) in [7, 11) is 9.75. The molecule has 2 aromatic rings. The Bertz CT molecular complexity index is 2950. The molecule has 0 saturated carbocycles. The Morgan fingerprint density at radius 1 is 0.609 bits per heavy atom. The minimum absolute atomic E-state index is 0.0403. The van der Waals surface area contributed by atoms with Crippen molar-refractivity contribution in [3.63, 3.8) is 0 Å². The molecule has 510 valence electrons. The van der Waals surface area contributed by atoms with Gasteiger partial charge in [0.2, 0.25) is 70.9 Å². The van der Waals surface area contributed by atoms with Gasteiger partial charge in [0.1, 0.15) is 47.8 Å². The van der Waals surface area contributed by atoms with Gasteiger partial charge in [-0.25, -0.2) is 0 Å².